The summed E-state index contributed by atoms with van der Waals surface area (Å²) in [6.45, 7) is 0.228. The Morgan fingerprint density at radius 2 is 2.20 bits per heavy atom. The molecule has 0 spiro atoms. The SMILES string of the molecule is CN(Cc1cc(Br)cs1)S(=O)(=O)c1c[nH]c(C(=O)O)c1. The first kappa shape index (κ1) is 15.2. The summed E-state index contributed by atoms with van der Waals surface area (Å²) in [5, 5.41) is 10.7. The van der Waals surface area contributed by atoms with E-state index in [1.165, 1.54) is 28.9 Å². The summed E-state index contributed by atoms with van der Waals surface area (Å²) in [6, 6.07) is 2.95. The number of carboxylic acids is 1. The van der Waals surface area contributed by atoms with Crippen LogP contribution in [0.4, 0.5) is 0 Å². The second-order valence-electron chi connectivity index (χ2n) is 4.05. The highest BCUT2D eigenvalue weighted by molar-refractivity contribution is 9.10. The monoisotopic (exact) mass is 378 g/mol. The van der Waals surface area contributed by atoms with E-state index in [0.717, 1.165) is 15.4 Å². The molecule has 0 saturated carbocycles. The van der Waals surface area contributed by atoms with Gasteiger partial charge in [0.25, 0.3) is 0 Å². The molecular formula is C11H11BrN2O4S2. The Morgan fingerprint density at radius 3 is 2.70 bits per heavy atom. The first-order valence-corrected chi connectivity index (χ1v) is 8.53. The third-order valence-corrected chi connectivity index (χ3v) is 6.06. The van der Waals surface area contributed by atoms with Gasteiger partial charge in [-0.3, -0.25) is 0 Å². The van der Waals surface area contributed by atoms with Gasteiger partial charge in [0.2, 0.25) is 10.0 Å². The molecule has 2 aromatic rings. The van der Waals surface area contributed by atoms with Gasteiger partial charge in [-0.1, -0.05) is 0 Å². The van der Waals surface area contributed by atoms with Gasteiger partial charge in [0, 0.05) is 34.5 Å². The second-order valence-corrected chi connectivity index (χ2v) is 8.00. The van der Waals surface area contributed by atoms with Gasteiger partial charge in [0.1, 0.15) is 10.6 Å². The van der Waals surface area contributed by atoms with Crippen molar-refractivity contribution in [1.82, 2.24) is 9.29 Å². The number of carboxylic acid groups (broad SMARTS) is 1. The fourth-order valence-corrected chi connectivity index (χ4v) is 4.30. The van der Waals surface area contributed by atoms with Crippen molar-refractivity contribution >= 4 is 43.3 Å². The molecule has 0 aliphatic heterocycles. The van der Waals surface area contributed by atoms with Crippen LogP contribution in [0, 0.1) is 0 Å². The van der Waals surface area contributed by atoms with Crippen molar-refractivity contribution < 1.29 is 18.3 Å². The lowest BCUT2D eigenvalue weighted by Crippen LogP contribution is -2.25. The Labute approximate surface area is 128 Å². The van der Waals surface area contributed by atoms with Crippen LogP contribution in [-0.4, -0.2) is 35.8 Å². The number of aromatic amines is 1. The fraction of sp³-hybridized carbons (Fsp3) is 0.182. The van der Waals surface area contributed by atoms with E-state index in [1.807, 2.05) is 11.4 Å². The van der Waals surface area contributed by atoms with Crippen molar-refractivity contribution in [2.75, 3.05) is 7.05 Å². The second kappa shape index (κ2) is 5.68. The van der Waals surface area contributed by atoms with Gasteiger partial charge in [0.05, 0.1) is 0 Å². The molecule has 9 heteroatoms. The number of aromatic nitrogens is 1. The highest BCUT2D eigenvalue weighted by atomic mass is 79.9. The van der Waals surface area contributed by atoms with Crippen molar-refractivity contribution in [1.29, 1.82) is 0 Å². The number of H-pyrrole nitrogens is 1. The van der Waals surface area contributed by atoms with Crippen molar-refractivity contribution in [3.05, 3.63) is 38.8 Å². The third-order valence-electron chi connectivity index (χ3n) is 2.60. The molecule has 2 aromatic heterocycles. The summed E-state index contributed by atoms with van der Waals surface area (Å²) >= 11 is 4.75. The molecular weight excluding hydrogens is 368 g/mol. The average Bonchev–Trinajstić information content (AvgIpc) is 2.98. The predicted octanol–water partition coefficient (Wildman–Crippen LogP) is 2.36. The molecule has 0 bridgehead atoms. The minimum Gasteiger partial charge on any atom is -0.477 e. The van der Waals surface area contributed by atoms with Crippen LogP contribution in [0.1, 0.15) is 15.4 Å². The van der Waals surface area contributed by atoms with Crippen LogP contribution in [0.5, 0.6) is 0 Å². The summed E-state index contributed by atoms with van der Waals surface area (Å²) < 4.78 is 26.7. The Hall–Kier alpha value is -1.16. The van der Waals surface area contributed by atoms with Crippen LogP contribution in [0.2, 0.25) is 0 Å². The van der Waals surface area contributed by atoms with Gasteiger partial charge in [-0.15, -0.1) is 11.3 Å². The maximum absolute atomic E-state index is 12.3. The maximum atomic E-state index is 12.3. The topological polar surface area (TPSA) is 90.5 Å². The van der Waals surface area contributed by atoms with E-state index in [-0.39, 0.29) is 17.1 Å². The van der Waals surface area contributed by atoms with Crippen LogP contribution in [0.25, 0.3) is 0 Å². The smallest absolute Gasteiger partial charge is 0.352 e. The average molecular weight is 379 g/mol. The van der Waals surface area contributed by atoms with Crippen molar-refractivity contribution in [3.63, 3.8) is 0 Å². The number of halogens is 1. The minimum absolute atomic E-state index is 0.0620. The van der Waals surface area contributed by atoms with E-state index in [1.54, 1.807) is 0 Å². The van der Waals surface area contributed by atoms with E-state index < -0.39 is 16.0 Å². The van der Waals surface area contributed by atoms with E-state index in [2.05, 4.69) is 20.9 Å². The van der Waals surface area contributed by atoms with Gasteiger partial charge >= 0.3 is 5.97 Å². The molecule has 20 heavy (non-hydrogen) atoms. The first-order valence-electron chi connectivity index (χ1n) is 5.41. The summed E-state index contributed by atoms with van der Waals surface area (Å²) in [5.41, 5.74) is -0.157. The predicted molar refractivity (Wildman–Crippen MR) is 78.4 cm³/mol. The van der Waals surface area contributed by atoms with Crippen LogP contribution >= 0.6 is 27.3 Å². The summed E-state index contributed by atoms with van der Waals surface area (Å²) in [4.78, 5) is 14.0. The summed E-state index contributed by atoms with van der Waals surface area (Å²) in [6.07, 6.45) is 1.18. The van der Waals surface area contributed by atoms with Crippen molar-refractivity contribution in [2.45, 2.75) is 11.4 Å². The number of aromatic carboxylic acids is 1. The van der Waals surface area contributed by atoms with E-state index in [4.69, 9.17) is 5.11 Å². The van der Waals surface area contributed by atoms with Crippen LogP contribution < -0.4 is 0 Å². The number of nitrogens with zero attached hydrogens (tertiary/aromatic N) is 1. The fourth-order valence-electron chi connectivity index (χ4n) is 1.57. The molecule has 0 fully saturated rings. The van der Waals surface area contributed by atoms with E-state index in [0.29, 0.717) is 0 Å². The maximum Gasteiger partial charge on any atom is 0.352 e. The number of rotatable bonds is 5. The van der Waals surface area contributed by atoms with Crippen molar-refractivity contribution in [3.8, 4) is 0 Å². The number of hydrogen-bond donors (Lipinski definition) is 2. The molecule has 0 saturated heterocycles. The largest absolute Gasteiger partial charge is 0.477 e. The highest BCUT2D eigenvalue weighted by Crippen LogP contribution is 2.23. The number of thiophene rings is 1. The zero-order chi connectivity index (χ0) is 14.9. The molecule has 0 amide bonds. The highest BCUT2D eigenvalue weighted by Gasteiger charge is 2.23. The molecule has 0 atom stereocenters. The molecule has 0 aliphatic carbocycles. The van der Waals surface area contributed by atoms with E-state index in [9.17, 15) is 13.2 Å². The molecule has 2 rings (SSSR count). The Morgan fingerprint density at radius 1 is 1.50 bits per heavy atom. The molecule has 2 N–H and O–H groups in total. The van der Waals surface area contributed by atoms with Gasteiger partial charge in [0.15, 0.2) is 0 Å². The van der Waals surface area contributed by atoms with Crippen LogP contribution in [0.15, 0.2) is 33.1 Å². The first-order chi connectivity index (χ1) is 9.30. The normalized spacial score (nSPS) is 11.9. The molecule has 0 aliphatic rings. The number of sulfonamides is 1. The van der Waals surface area contributed by atoms with Gasteiger partial charge in [-0.05, 0) is 28.1 Å². The number of carbonyl (C=O) groups is 1. The Bertz CT molecular complexity index is 735. The standard InChI is InChI=1S/C11H11BrN2O4S2/c1-14(5-8-2-7(12)6-19-8)20(17,18)9-3-10(11(15)16)13-4-9/h2-4,6,13H,5H2,1H3,(H,15,16). The number of nitrogens with one attached hydrogen (secondary N) is 1. The van der Waals surface area contributed by atoms with Crippen LogP contribution in [-0.2, 0) is 16.6 Å². The molecule has 0 radical (unpaired) electrons. The molecule has 0 aromatic carbocycles. The Kier molecular flexibility index (Phi) is 4.33. The zero-order valence-electron chi connectivity index (χ0n) is 10.3. The van der Waals surface area contributed by atoms with Crippen LogP contribution in [0.3, 0.4) is 0 Å². The zero-order valence-corrected chi connectivity index (χ0v) is 13.5. The van der Waals surface area contributed by atoms with E-state index >= 15 is 0 Å². The quantitative estimate of drug-likeness (QED) is 0.835. The van der Waals surface area contributed by atoms with Crippen molar-refractivity contribution in [2.24, 2.45) is 0 Å². The summed E-state index contributed by atoms with van der Waals surface area (Å²) in [5.74, 6) is -1.20. The lowest BCUT2D eigenvalue weighted by molar-refractivity contribution is 0.0691. The molecule has 0 unspecified atom stereocenters. The summed E-state index contributed by atoms with van der Waals surface area (Å²) in [7, 11) is -2.26. The van der Waals surface area contributed by atoms with Gasteiger partial charge in [-0.25, -0.2) is 13.2 Å². The van der Waals surface area contributed by atoms with Gasteiger partial charge in [-0.2, -0.15) is 4.31 Å². The third kappa shape index (κ3) is 3.11. The molecule has 2 heterocycles. The number of hydrogen-bond acceptors (Lipinski definition) is 4. The Balaban J connectivity index is 2.22. The molecule has 6 nitrogen and oxygen atoms in total. The van der Waals surface area contributed by atoms with Gasteiger partial charge < -0.3 is 10.1 Å². The lowest BCUT2D eigenvalue weighted by Gasteiger charge is -2.14. The lowest BCUT2D eigenvalue weighted by atomic mass is 10.4. The molecule has 108 valence electrons. The minimum atomic E-state index is -3.71.